The van der Waals surface area contributed by atoms with Crippen LogP contribution < -0.4 is 4.90 Å². The monoisotopic (exact) mass is 465 g/mol. The lowest BCUT2D eigenvalue weighted by molar-refractivity contribution is -0.129. The molecule has 0 N–H and O–H groups in total. The molecule has 160 valence electrons. The van der Waals surface area contributed by atoms with Crippen LogP contribution in [0.5, 0.6) is 0 Å². The molecule has 28 heavy (non-hydrogen) atoms. The van der Waals surface area contributed by atoms with Crippen molar-refractivity contribution in [3.05, 3.63) is 23.8 Å². The van der Waals surface area contributed by atoms with E-state index in [1.54, 1.807) is 11.8 Å². The van der Waals surface area contributed by atoms with Crippen molar-refractivity contribution in [3.8, 4) is 0 Å². The summed E-state index contributed by atoms with van der Waals surface area (Å²) in [5, 5.41) is 0. The van der Waals surface area contributed by atoms with E-state index < -0.39 is 0 Å². The largest absolute Gasteiger partial charge is 0.368 e. The van der Waals surface area contributed by atoms with Gasteiger partial charge in [-0.25, -0.2) is 0 Å². The van der Waals surface area contributed by atoms with Crippen LogP contribution in [0.2, 0.25) is 0 Å². The molecule has 1 aromatic carbocycles. The molecule has 2 aliphatic rings. The number of thiol groups is 1. The zero-order chi connectivity index (χ0) is 18.7. The third-order valence-corrected chi connectivity index (χ3v) is 7.44. The first-order chi connectivity index (χ1) is 12.4. The van der Waals surface area contributed by atoms with Crippen LogP contribution in [0.1, 0.15) is 32.3 Å². The number of thioether (sulfide) groups is 1. The molecule has 1 aromatic rings. The number of unbranched alkanes of at least 4 members (excludes halogenated alkanes) is 1. The highest BCUT2D eigenvalue weighted by Crippen LogP contribution is 2.35. The molecule has 0 bridgehead atoms. The molecule has 3 rings (SSSR count). The van der Waals surface area contributed by atoms with Crippen molar-refractivity contribution in [1.82, 2.24) is 9.80 Å². The number of hydrogen-bond donors (Lipinski definition) is 1. The van der Waals surface area contributed by atoms with E-state index >= 15 is 0 Å². The first-order valence-electron chi connectivity index (χ1n) is 9.59. The summed E-state index contributed by atoms with van der Waals surface area (Å²) in [5.41, 5.74) is 2.51. The van der Waals surface area contributed by atoms with Gasteiger partial charge in [-0.3, -0.25) is 9.69 Å². The van der Waals surface area contributed by atoms with Crippen LogP contribution in [0.25, 0.3) is 0 Å². The van der Waals surface area contributed by atoms with E-state index in [1.807, 2.05) is 0 Å². The topological polar surface area (TPSA) is 26.8 Å². The summed E-state index contributed by atoms with van der Waals surface area (Å²) in [5.74, 6) is 0.940. The molecule has 0 aliphatic carbocycles. The molecule has 0 radical (unpaired) electrons. The highest BCUT2D eigenvalue weighted by molar-refractivity contribution is 8.01. The SMILES string of the molecule is Cc1cccc(N2CCN(CCCCN3C(=O)CSC3(C)C)CC2)c1S.Cl.Cl. The number of benzene rings is 1. The van der Waals surface area contributed by atoms with E-state index in [0.29, 0.717) is 11.7 Å². The van der Waals surface area contributed by atoms with Crippen LogP contribution in [0.4, 0.5) is 5.69 Å². The Bertz CT molecular complexity index is 652. The Morgan fingerprint density at radius 2 is 1.71 bits per heavy atom. The first-order valence-corrected chi connectivity index (χ1v) is 11.0. The Morgan fingerprint density at radius 3 is 2.32 bits per heavy atom. The third kappa shape index (κ3) is 6.11. The molecule has 2 aliphatic heterocycles. The smallest absolute Gasteiger partial charge is 0.233 e. The second-order valence-corrected chi connectivity index (χ2v) is 9.78. The normalized spacial score (nSPS) is 19.4. The lowest BCUT2D eigenvalue weighted by Crippen LogP contribution is -2.47. The van der Waals surface area contributed by atoms with E-state index in [2.05, 4.69) is 66.3 Å². The van der Waals surface area contributed by atoms with Crippen LogP contribution in [0.15, 0.2) is 23.1 Å². The van der Waals surface area contributed by atoms with E-state index in [-0.39, 0.29) is 29.7 Å². The van der Waals surface area contributed by atoms with Crippen molar-refractivity contribution in [2.24, 2.45) is 0 Å². The number of hydrogen-bond acceptors (Lipinski definition) is 5. The van der Waals surface area contributed by atoms with Gasteiger partial charge in [0, 0.05) is 37.6 Å². The molecule has 4 nitrogen and oxygen atoms in total. The summed E-state index contributed by atoms with van der Waals surface area (Å²) in [6.45, 7) is 12.8. The molecule has 2 saturated heterocycles. The van der Waals surface area contributed by atoms with E-state index in [1.165, 1.54) is 11.3 Å². The molecule has 2 fully saturated rings. The number of aryl methyl sites for hydroxylation is 1. The summed E-state index contributed by atoms with van der Waals surface area (Å²) >= 11 is 6.44. The average Bonchev–Trinajstić information content (AvgIpc) is 2.88. The van der Waals surface area contributed by atoms with Gasteiger partial charge in [0.2, 0.25) is 5.91 Å². The molecule has 0 spiro atoms. The van der Waals surface area contributed by atoms with Gasteiger partial charge in [-0.15, -0.1) is 49.2 Å². The molecular weight excluding hydrogens is 433 g/mol. The number of piperazine rings is 1. The second kappa shape index (κ2) is 11.2. The summed E-state index contributed by atoms with van der Waals surface area (Å²) < 4.78 is 0. The van der Waals surface area contributed by atoms with Gasteiger partial charge in [0.25, 0.3) is 0 Å². The van der Waals surface area contributed by atoms with Crippen molar-refractivity contribution in [2.75, 3.05) is 49.9 Å². The van der Waals surface area contributed by atoms with Gasteiger partial charge in [-0.05, 0) is 51.8 Å². The standard InChI is InChI=1S/C20H31N3OS2.2ClH/c1-16-7-6-8-17(19(16)25)22-13-11-21(12-14-22)9-4-5-10-23-18(24)15-26-20(23,2)3;;/h6-8,25H,4-5,9-15H2,1-3H3;2*1H. The zero-order valence-corrected chi connectivity index (χ0v) is 20.4. The summed E-state index contributed by atoms with van der Waals surface area (Å²) in [6.07, 6.45) is 2.25. The van der Waals surface area contributed by atoms with Crippen molar-refractivity contribution in [3.63, 3.8) is 0 Å². The Balaban J connectivity index is 0.00000196. The minimum atomic E-state index is -0.0267. The van der Waals surface area contributed by atoms with Gasteiger partial charge in [0.05, 0.1) is 16.3 Å². The Hall–Kier alpha value is -0.270. The Morgan fingerprint density at radius 1 is 1.07 bits per heavy atom. The number of anilines is 1. The number of nitrogens with zero attached hydrogens (tertiary/aromatic N) is 3. The van der Waals surface area contributed by atoms with E-state index in [0.717, 1.165) is 57.0 Å². The molecule has 2 heterocycles. The van der Waals surface area contributed by atoms with Gasteiger partial charge >= 0.3 is 0 Å². The lowest BCUT2D eigenvalue weighted by Gasteiger charge is -2.37. The van der Waals surface area contributed by atoms with Crippen LogP contribution in [-0.4, -0.2) is 65.6 Å². The molecular formula is C20H33Cl2N3OS2. The first kappa shape index (κ1) is 25.8. The molecule has 0 atom stereocenters. The maximum atomic E-state index is 12.0. The molecule has 0 unspecified atom stereocenters. The fourth-order valence-corrected chi connectivity index (χ4v) is 5.08. The fourth-order valence-electron chi connectivity index (χ4n) is 3.80. The second-order valence-electron chi connectivity index (χ2n) is 7.76. The summed E-state index contributed by atoms with van der Waals surface area (Å²) in [7, 11) is 0. The van der Waals surface area contributed by atoms with Crippen LogP contribution in [0, 0.1) is 6.92 Å². The Kier molecular flexibility index (Phi) is 10.3. The molecule has 0 aromatic heterocycles. The van der Waals surface area contributed by atoms with Crippen LogP contribution in [-0.2, 0) is 4.79 Å². The highest BCUT2D eigenvalue weighted by atomic mass is 35.5. The Labute approximate surface area is 192 Å². The van der Waals surface area contributed by atoms with Gasteiger partial charge in [0.1, 0.15) is 0 Å². The third-order valence-electron chi connectivity index (χ3n) is 5.54. The molecule has 0 saturated carbocycles. The predicted octanol–water partition coefficient (Wildman–Crippen LogP) is 4.34. The van der Waals surface area contributed by atoms with Gasteiger partial charge in [-0.2, -0.15) is 0 Å². The average molecular weight is 467 g/mol. The minimum absolute atomic E-state index is 0. The van der Waals surface area contributed by atoms with E-state index in [9.17, 15) is 4.79 Å². The van der Waals surface area contributed by atoms with Crippen molar-refractivity contribution >= 4 is 60.8 Å². The fraction of sp³-hybridized carbons (Fsp3) is 0.650. The van der Waals surface area contributed by atoms with Crippen molar-refractivity contribution < 1.29 is 4.79 Å². The zero-order valence-electron chi connectivity index (χ0n) is 17.0. The van der Waals surface area contributed by atoms with Crippen molar-refractivity contribution in [1.29, 1.82) is 0 Å². The number of rotatable bonds is 6. The quantitative estimate of drug-likeness (QED) is 0.499. The summed E-state index contributed by atoms with van der Waals surface area (Å²) in [6, 6.07) is 6.42. The van der Waals surface area contributed by atoms with Gasteiger partial charge in [-0.1, -0.05) is 12.1 Å². The lowest BCUT2D eigenvalue weighted by atomic mass is 10.1. The number of carbonyl (C=O) groups is 1. The van der Waals surface area contributed by atoms with Crippen LogP contribution in [0.3, 0.4) is 0 Å². The van der Waals surface area contributed by atoms with Crippen LogP contribution >= 0.6 is 49.2 Å². The minimum Gasteiger partial charge on any atom is -0.368 e. The van der Waals surface area contributed by atoms with Gasteiger partial charge < -0.3 is 9.80 Å². The number of halogens is 2. The molecule has 1 amide bonds. The molecule has 8 heteroatoms. The van der Waals surface area contributed by atoms with Crippen molar-refractivity contribution in [2.45, 2.75) is 43.4 Å². The van der Waals surface area contributed by atoms with Gasteiger partial charge in [0.15, 0.2) is 0 Å². The maximum absolute atomic E-state index is 12.0. The number of carbonyl (C=O) groups excluding carboxylic acids is 1. The highest BCUT2D eigenvalue weighted by Gasteiger charge is 2.37. The van der Waals surface area contributed by atoms with E-state index in [4.69, 9.17) is 0 Å². The summed E-state index contributed by atoms with van der Waals surface area (Å²) in [4.78, 5) is 20.1. The number of amides is 1. The maximum Gasteiger partial charge on any atom is 0.233 e. The predicted molar refractivity (Wildman–Crippen MR) is 129 cm³/mol.